The van der Waals surface area contributed by atoms with Crippen molar-refractivity contribution < 1.29 is 8.78 Å². The maximum absolute atomic E-state index is 13.4. The summed E-state index contributed by atoms with van der Waals surface area (Å²) in [4.78, 5) is 0. The summed E-state index contributed by atoms with van der Waals surface area (Å²) in [5.74, 6) is -0.748. The van der Waals surface area contributed by atoms with Crippen molar-refractivity contribution in [1.29, 1.82) is 0 Å². The third-order valence-corrected chi connectivity index (χ3v) is 5.08. The highest BCUT2D eigenvalue weighted by molar-refractivity contribution is 8.00. The first kappa shape index (κ1) is 15.4. The van der Waals surface area contributed by atoms with Crippen LogP contribution in [0.3, 0.4) is 0 Å². The van der Waals surface area contributed by atoms with Crippen molar-refractivity contribution in [3.8, 4) is 0 Å². The van der Waals surface area contributed by atoms with E-state index >= 15 is 0 Å². The minimum Gasteiger partial charge on any atom is -0.311 e. The van der Waals surface area contributed by atoms with E-state index in [9.17, 15) is 8.78 Å². The van der Waals surface area contributed by atoms with Crippen molar-refractivity contribution in [2.75, 3.05) is 12.8 Å². The maximum Gasteiger partial charge on any atom is 0.127 e. The monoisotopic (exact) mass is 273 g/mol. The summed E-state index contributed by atoms with van der Waals surface area (Å²) in [6, 6.07) is 3.57. The van der Waals surface area contributed by atoms with Gasteiger partial charge in [-0.15, -0.1) is 0 Å². The largest absolute Gasteiger partial charge is 0.311 e. The van der Waals surface area contributed by atoms with Crippen LogP contribution in [0.25, 0.3) is 0 Å². The highest BCUT2D eigenvalue weighted by Crippen LogP contribution is 2.29. The molecule has 0 aliphatic carbocycles. The molecule has 0 radical (unpaired) electrons. The number of rotatable bonds is 7. The van der Waals surface area contributed by atoms with Crippen LogP contribution in [0.4, 0.5) is 8.78 Å². The van der Waals surface area contributed by atoms with Gasteiger partial charge in [-0.2, -0.15) is 11.8 Å². The molecule has 0 amide bonds. The first-order valence-electron chi connectivity index (χ1n) is 6.26. The molecule has 0 aliphatic rings. The fourth-order valence-electron chi connectivity index (χ4n) is 1.96. The van der Waals surface area contributed by atoms with Crippen LogP contribution in [0.2, 0.25) is 0 Å². The molecule has 0 saturated heterocycles. The normalized spacial score (nSPS) is 11.8. The molecule has 0 spiro atoms. The SMILES string of the molecule is CCC(CC)(CNCc1cc(F)ccc1F)SC. The number of hydrogen-bond donors (Lipinski definition) is 1. The minimum absolute atomic E-state index is 0.184. The van der Waals surface area contributed by atoms with Crippen LogP contribution in [0.1, 0.15) is 32.3 Å². The van der Waals surface area contributed by atoms with E-state index in [0.29, 0.717) is 12.1 Å². The van der Waals surface area contributed by atoms with Crippen molar-refractivity contribution >= 4 is 11.8 Å². The summed E-state index contributed by atoms with van der Waals surface area (Å²) in [7, 11) is 0. The molecule has 102 valence electrons. The molecule has 0 heterocycles. The third kappa shape index (κ3) is 3.95. The second-order valence-electron chi connectivity index (χ2n) is 4.43. The zero-order valence-electron chi connectivity index (χ0n) is 11.2. The molecule has 0 unspecified atom stereocenters. The fraction of sp³-hybridized carbons (Fsp3) is 0.571. The standard InChI is InChI=1S/C14H21F2NS/c1-4-14(5-2,18-3)10-17-9-11-8-12(15)6-7-13(11)16/h6-8,17H,4-5,9-10H2,1-3H3. The van der Waals surface area contributed by atoms with Crippen molar-refractivity contribution in [3.63, 3.8) is 0 Å². The van der Waals surface area contributed by atoms with E-state index < -0.39 is 5.82 Å². The lowest BCUT2D eigenvalue weighted by atomic mass is 10.0. The van der Waals surface area contributed by atoms with Gasteiger partial charge < -0.3 is 5.32 Å². The first-order chi connectivity index (χ1) is 8.56. The van der Waals surface area contributed by atoms with Crippen LogP contribution in [-0.2, 0) is 6.54 Å². The number of nitrogens with one attached hydrogen (secondary N) is 1. The van der Waals surface area contributed by atoms with E-state index in [2.05, 4.69) is 25.4 Å². The van der Waals surface area contributed by atoms with Gasteiger partial charge in [0.05, 0.1) is 0 Å². The Labute approximate surface area is 112 Å². The van der Waals surface area contributed by atoms with Gasteiger partial charge in [0.2, 0.25) is 0 Å². The topological polar surface area (TPSA) is 12.0 Å². The van der Waals surface area contributed by atoms with E-state index in [1.165, 1.54) is 12.1 Å². The summed E-state index contributed by atoms with van der Waals surface area (Å²) in [6.45, 7) is 5.48. The zero-order valence-corrected chi connectivity index (χ0v) is 12.0. The number of thioether (sulfide) groups is 1. The number of halogens is 2. The molecule has 1 nitrogen and oxygen atoms in total. The van der Waals surface area contributed by atoms with E-state index in [1.807, 2.05) is 11.8 Å². The molecule has 0 aliphatic heterocycles. The average Bonchev–Trinajstić information content (AvgIpc) is 2.39. The van der Waals surface area contributed by atoms with Crippen molar-refractivity contribution in [1.82, 2.24) is 5.32 Å². The molecule has 1 N–H and O–H groups in total. The van der Waals surface area contributed by atoms with Crippen LogP contribution in [0.15, 0.2) is 18.2 Å². The van der Waals surface area contributed by atoms with E-state index in [1.54, 1.807) is 0 Å². The van der Waals surface area contributed by atoms with Gasteiger partial charge >= 0.3 is 0 Å². The molecule has 0 saturated carbocycles. The smallest absolute Gasteiger partial charge is 0.127 e. The lowest BCUT2D eigenvalue weighted by Gasteiger charge is -2.30. The lowest BCUT2D eigenvalue weighted by molar-refractivity contribution is 0.487. The Hall–Kier alpha value is -0.610. The van der Waals surface area contributed by atoms with Gasteiger partial charge in [0.15, 0.2) is 0 Å². The van der Waals surface area contributed by atoms with Gasteiger partial charge in [-0.05, 0) is 37.3 Å². The minimum atomic E-state index is -0.393. The second kappa shape index (κ2) is 7.10. The van der Waals surface area contributed by atoms with Crippen LogP contribution in [-0.4, -0.2) is 17.5 Å². The molecule has 4 heteroatoms. The van der Waals surface area contributed by atoms with Gasteiger partial charge in [-0.3, -0.25) is 0 Å². The molecule has 1 rings (SSSR count). The van der Waals surface area contributed by atoms with E-state index in [0.717, 1.165) is 25.5 Å². The summed E-state index contributed by atoms with van der Waals surface area (Å²) in [6.07, 6.45) is 4.21. The second-order valence-corrected chi connectivity index (χ2v) is 5.71. The molecular weight excluding hydrogens is 252 g/mol. The zero-order chi connectivity index (χ0) is 13.6. The molecule has 18 heavy (non-hydrogen) atoms. The molecule has 0 atom stereocenters. The molecule has 0 fully saturated rings. The molecule has 0 aromatic heterocycles. The Kier molecular flexibility index (Phi) is 6.09. The van der Waals surface area contributed by atoms with Gasteiger partial charge in [-0.1, -0.05) is 13.8 Å². The van der Waals surface area contributed by atoms with Gasteiger partial charge in [-0.25, -0.2) is 8.78 Å². The number of hydrogen-bond acceptors (Lipinski definition) is 2. The Morgan fingerprint density at radius 1 is 1.22 bits per heavy atom. The predicted octanol–water partition coefficient (Wildman–Crippen LogP) is 3.98. The predicted molar refractivity (Wildman–Crippen MR) is 74.9 cm³/mol. The van der Waals surface area contributed by atoms with E-state index in [-0.39, 0.29) is 10.6 Å². The van der Waals surface area contributed by atoms with Gasteiger partial charge in [0, 0.05) is 23.4 Å². The summed E-state index contributed by atoms with van der Waals surface area (Å²) in [5, 5.41) is 3.24. The van der Waals surface area contributed by atoms with E-state index in [4.69, 9.17) is 0 Å². The molecule has 1 aromatic rings. The Bertz CT molecular complexity index is 370. The van der Waals surface area contributed by atoms with Crippen LogP contribution < -0.4 is 5.32 Å². The van der Waals surface area contributed by atoms with Gasteiger partial charge in [0.1, 0.15) is 11.6 Å². The maximum atomic E-state index is 13.4. The molecule has 1 aromatic carbocycles. The van der Waals surface area contributed by atoms with Crippen molar-refractivity contribution in [2.24, 2.45) is 0 Å². The summed E-state index contributed by atoms with van der Waals surface area (Å²) in [5.41, 5.74) is 0.386. The summed E-state index contributed by atoms with van der Waals surface area (Å²) < 4.78 is 26.6. The lowest BCUT2D eigenvalue weighted by Crippen LogP contribution is -2.36. The highest BCUT2D eigenvalue weighted by atomic mass is 32.2. The summed E-state index contributed by atoms with van der Waals surface area (Å²) >= 11 is 1.83. The Balaban J connectivity index is 2.57. The van der Waals surface area contributed by atoms with Crippen LogP contribution >= 0.6 is 11.8 Å². The molecular formula is C14H21F2NS. The molecule has 0 bridgehead atoms. The Morgan fingerprint density at radius 3 is 2.44 bits per heavy atom. The Morgan fingerprint density at radius 2 is 1.89 bits per heavy atom. The van der Waals surface area contributed by atoms with Crippen LogP contribution in [0, 0.1) is 11.6 Å². The average molecular weight is 273 g/mol. The van der Waals surface area contributed by atoms with Crippen molar-refractivity contribution in [3.05, 3.63) is 35.4 Å². The quantitative estimate of drug-likeness (QED) is 0.806. The van der Waals surface area contributed by atoms with Gasteiger partial charge in [0.25, 0.3) is 0 Å². The first-order valence-corrected chi connectivity index (χ1v) is 7.49. The van der Waals surface area contributed by atoms with Crippen LogP contribution in [0.5, 0.6) is 0 Å². The third-order valence-electron chi connectivity index (χ3n) is 3.49. The number of benzene rings is 1. The fourth-order valence-corrected chi connectivity index (χ4v) is 2.79. The highest BCUT2D eigenvalue weighted by Gasteiger charge is 2.24. The van der Waals surface area contributed by atoms with Crippen molar-refractivity contribution in [2.45, 2.75) is 38.0 Å².